The Balaban J connectivity index is 2.00. The van der Waals surface area contributed by atoms with Crippen LogP contribution in [0.15, 0.2) is 0 Å². The van der Waals surface area contributed by atoms with Crippen molar-refractivity contribution in [3.8, 4) is 6.07 Å². The summed E-state index contributed by atoms with van der Waals surface area (Å²) in [4.78, 5) is 15.3. The molecule has 2 aliphatic heterocycles. The average Bonchev–Trinajstić information content (AvgIpc) is 2.59. The number of hydrogen-bond donors (Lipinski definition) is 1. The van der Waals surface area contributed by atoms with Gasteiger partial charge in [-0.1, -0.05) is 0 Å². The molecule has 0 aromatic carbocycles. The molecule has 2 unspecified atom stereocenters. The monoisotopic (exact) mass is 194 g/mol. The van der Waals surface area contributed by atoms with Crippen LogP contribution in [0.3, 0.4) is 0 Å². The molecule has 2 fully saturated rings. The summed E-state index contributed by atoms with van der Waals surface area (Å²) in [5.74, 6) is 0. The van der Waals surface area contributed by atoms with Gasteiger partial charge in [-0.25, -0.2) is 4.79 Å². The third-order valence-electron chi connectivity index (χ3n) is 3.00. The van der Waals surface area contributed by atoms with E-state index in [0.717, 1.165) is 19.6 Å². The molecule has 2 heterocycles. The van der Waals surface area contributed by atoms with Crippen molar-refractivity contribution in [1.82, 2.24) is 15.1 Å². The van der Waals surface area contributed by atoms with E-state index in [1.54, 1.807) is 0 Å². The number of amides is 2. The van der Waals surface area contributed by atoms with E-state index in [4.69, 9.17) is 5.26 Å². The molecule has 5 heteroatoms. The molecule has 5 nitrogen and oxygen atoms in total. The maximum Gasteiger partial charge on any atom is 0.317 e. The summed E-state index contributed by atoms with van der Waals surface area (Å²) in [7, 11) is 0. The highest BCUT2D eigenvalue weighted by molar-refractivity contribution is 5.77. The summed E-state index contributed by atoms with van der Waals surface area (Å²) in [5.41, 5.74) is 0. The first-order chi connectivity index (χ1) is 6.72. The lowest BCUT2D eigenvalue weighted by molar-refractivity contribution is 0.109. The van der Waals surface area contributed by atoms with Gasteiger partial charge in [0.15, 0.2) is 0 Å². The molecule has 2 aliphatic rings. The lowest BCUT2D eigenvalue weighted by Crippen LogP contribution is -2.54. The lowest BCUT2D eigenvalue weighted by atomic mass is 10.1. The Hall–Kier alpha value is -1.28. The molecule has 14 heavy (non-hydrogen) atoms. The Morgan fingerprint density at radius 2 is 2.43 bits per heavy atom. The zero-order chi connectivity index (χ0) is 10.1. The first-order valence-corrected chi connectivity index (χ1v) is 4.90. The van der Waals surface area contributed by atoms with Gasteiger partial charge in [-0.3, -0.25) is 4.90 Å². The number of nitrogens with one attached hydrogen (secondary N) is 1. The zero-order valence-corrected chi connectivity index (χ0v) is 8.23. The quantitative estimate of drug-likeness (QED) is 0.618. The number of fused-ring (bicyclic) bond motifs is 1. The fourth-order valence-electron chi connectivity index (χ4n) is 2.06. The molecule has 2 atom stereocenters. The molecule has 0 aromatic heterocycles. The molecule has 0 spiro atoms. The van der Waals surface area contributed by atoms with E-state index in [1.165, 1.54) is 0 Å². The number of piperazine rings is 1. The highest BCUT2D eigenvalue weighted by atomic mass is 16.2. The summed E-state index contributed by atoms with van der Waals surface area (Å²) >= 11 is 0. The molecule has 0 aromatic rings. The van der Waals surface area contributed by atoms with Crippen molar-refractivity contribution < 1.29 is 4.79 Å². The summed E-state index contributed by atoms with van der Waals surface area (Å²) in [5, 5.41) is 11.6. The van der Waals surface area contributed by atoms with Crippen LogP contribution in [-0.2, 0) is 0 Å². The van der Waals surface area contributed by atoms with Crippen LogP contribution in [0.1, 0.15) is 6.92 Å². The molecule has 1 N–H and O–H groups in total. The molecule has 2 rings (SSSR count). The minimum absolute atomic E-state index is 0.0410. The Morgan fingerprint density at radius 1 is 1.64 bits per heavy atom. The Bertz CT molecular complexity index is 285. The van der Waals surface area contributed by atoms with Gasteiger partial charge in [0.1, 0.15) is 0 Å². The van der Waals surface area contributed by atoms with E-state index >= 15 is 0 Å². The van der Waals surface area contributed by atoms with Crippen LogP contribution in [0.4, 0.5) is 4.79 Å². The van der Waals surface area contributed by atoms with E-state index in [-0.39, 0.29) is 18.1 Å². The SMILES string of the molecule is CC(C#N)N1CCN2C(=O)NCC2C1. The van der Waals surface area contributed by atoms with Crippen LogP contribution in [0, 0.1) is 11.3 Å². The van der Waals surface area contributed by atoms with Crippen LogP contribution < -0.4 is 5.32 Å². The van der Waals surface area contributed by atoms with Gasteiger partial charge in [-0.05, 0) is 6.92 Å². The van der Waals surface area contributed by atoms with Crippen LogP contribution in [0.25, 0.3) is 0 Å². The second kappa shape index (κ2) is 3.46. The standard InChI is InChI=1S/C9H14N4O/c1-7(4-10)12-2-3-13-8(6-12)5-11-9(13)14/h7-8H,2-3,5-6H2,1H3,(H,11,14). The van der Waals surface area contributed by atoms with Crippen LogP contribution in [0.5, 0.6) is 0 Å². The fraction of sp³-hybridized carbons (Fsp3) is 0.778. The van der Waals surface area contributed by atoms with Crippen molar-refractivity contribution >= 4 is 6.03 Å². The third kappa shape index (κ3) is 1.42. The molecule has 76 valence electrons. The van der Waals surface area contributed by atoms with Gasteiger partial charge in [-0.2, -0.15) is 5.26 Å². The van der Waals surface area contributed by atoms with Crippen molar-refractivity contribution in [2.45, 2.75) is 19.0 Å². The Labute approximate surface area is 83.3 Å². The van der Waals surface area contributed by atoms with E-state index in [0.29, 0.717) is 6.54 Å². The highest BCUT2D eigenvalue weighted by Gasteiger charge is 2.36. The number of rotatable bonds is 1. The lowest BCUT2D eigenvalue weighted by Gasteiger charge is -2.37. The summed E-state index contributed by atoms with van der Waals surface area (Å²) < 4.78 is 0. The number of carbonyl (C=O) groups is 1. The predicted octanol–water partition coefficient (Wildman–Crippen LogP) is -0.392. The van der Waals surface area contributed by atoms with E-state index in [9.17, 15) is 4.79 Å². The van der Waals surface area contributed by atoms with Crippen LogP contribution >= 0.6 is 0 Å². The third-order valence-corrected chi connectivity index (χ3v) is 3.00. The molecule has 2 amide bonds. The Morgan fingerprint density at radius 3 is 3.14 bits per heavy atom. The van der Waals surface area contributed by atoms with Crippen LogP contribution in [-0.4, -0.2) is 54.1 Å². The molecule has 0 saturated carbocycles. The van der Waals surface area contributed by atoms with Crippen molar-refractivity contribution in [2.75, 3.05) is 26.2 Å². The molecule has 0 bridgehead atoms. The molecular weight excluding hydrogens is 180 g/mol. The number of nitriles is 1. The van der Waals surface area contributed by atoms with Gasteiger partial charge < -0.3 is 10.2 Å². The minimum atomic E-state index is -0.0483. The fourth-order valence-corrected chi connectivity index (χ4v) is 2.06. The van der Waals surface area contributed by atoms with Gasteiger partial charge in [0.05, 0.1) is 18.2 Å². The topological polar surface area (TPSA) is 59.4 Å². The number of hydrogen-bond acceptors (Lipinski definition) is 3. The van der Waals surface area contributed by atoms with Gasteiger partial charge in [0, 0.05) is 26.2 Å². The van der Waals surface area contributed by atoms with Gasteiger partial charge in [0.2, 0.25) is 0 Å². The van der Waals surface area contributed by atoms with Crippen molar-refractivity contribution in [1.29, 1.82) is 5.26 Å². The van der Waals surface area contributed by atoms with E-state index in [1.807, 2.05) is 11.8 Å². The van der Waals surface area contributed by atoms with Gasteiger partial charge in [0.25, 0.3) is 0 Å². The summed E-state index contributed by atoms with van der Waals surface area (Å²) in [6.45, 7) is 4.97. The predicted molar refractivity (Wildman–Crippen MR) is 50.5 cm³/mol. The highest BCUT2D eigenvalue weighted by Crippen LogP contribution is 2.15. The van der Waals surface area contributed by atoms with Crippen molar-refractivity contribution in [3.05, 3.63) is 0 Å². The smallest absolute Gasteiger partial charge is 0.317 e. The van der Waals surface area contributed by atoms with E-state index < -0.39 is 0 Å². The molecular formula is C9H14N4O. The average molecular weight is 194 g/mol. The summed E-state index contributed by atoms with van der Waals surface area (Å²) in [6.07, 6.45) is 0. The molecule has 2 saturated heterocycles. The van der Waals surface area contributed by atoms with E-state index in [2.05, 4.69) is 16.3 Å². The first kappa shape index (κ1) is 9.28. The Kier molecular flexibility index (Phi) is 2.30. The summed E-state index contributed by atoms with van der Waals surface area (Å²) in [6, 6.07) is 2.48. The minimum Gasteiger partial charge on any atom is -0.336 e. The largest absolute Gasteiger partial charge is 0.336 e. The van der Waals surface area contributed by atoms with Gasteiger partial charge >= 0.3 is 6.03 Å². The number of carbonyl (C=O) groups excluding carboxylic acids is 1. The second-order valence-corrected chi connectivity index (χ2v) is 3.83. The molecule has 0 aliphatic carbocycles. The van der Waals surface area contributed by atoms with Crippen molar-refractivity contribution in [2.24, 2.45) is 0 Å². The molecule has 0 radical (unpaired) electrons. The second-order valence-electron chi connectivity index (χ2n) is 3.83. The normalized spacial score (nSPS) is 29.3. The number of urea groups is 1. The van der Waals surface area contributed by atoms with Crippen LogP contribution in [0.2, 0.25) is 0 Å². The van der Waals surface area contributed by atoms with Crippen molar-refractivity contribution in [3.63, 3.8) is 0 Å². The van der Waals surface area contributed by atoms with Gasteiger partial charge in [-0.15, -0.1) is 0 Å². The maximum atomic E-state index is 11.3. The zero-order valence-electron chi connectivity index (χ0n) is 8.23. The first-order valence-electron chi connectivity index (χ1n) is 4.90. The number of nitrogens with zero attached hydrogens (tertiary/aromatic N) is 3. The maximum absolute atomic E-state index is 11.3.